The Morgan fingerprint density at radius 1 is 1.30 bits per heavy atom. The first-order chi connectivity index (χ1) is 9.76. The predicted molar refractivity (Wildman–Crippen MR) is 71.5 cm³/mol. The van der Waals surface area contributed by atoms with E-state index in [1.54, 1.807) is 47.3 Å². The van der Waals surface area contributed by atoms with Gasteiger partial charge in [0.25, 0.3) is 0 Å². The van der Waals surface area contributed by atoms with Crippen molar-refractivity contribution in [3.8, 4) is 5.75 Å². The van der Waals surface area contributed by atoms with Crippen LogP contribution in [0.15, 0.2) is 31.0 Å². The first-order valence-corrected chi connectivity index (χ1v) is 6.31. The lowest BCUT2D eigenvalue weighted by Crippen LogP contribution is -2.10. The minimum absolute atomic E-state index is 0.558. The van der Waals surface area contributed by atoms with Crippen molar-refractivity contribution < 1.29 is 9.84 Å². The first kappa shape index (κ1) is 12.6. The van der Waals surface area contributed by atoms with Crippen molar-refractivity contribution in [3.63, 3.8) is 0 Å². The zero-order chi connectivity index (χ0) is 14.1. The lowest BCUT2D eigenvalue weighted by Gasteiger charge is -2.13. The van der Waals surface area contributed by atoms with Crippen LogP contribution in [0, 0.1) is 0 Å². The molecule has 3 heterocycles. The molecule has 20 heavy (non-hydrogen) atoms. The zero-order valence-corrected chi connectivity index (χ0v) is 11.3. The average Bonchev–Trinajstić information content (AvgIpc) is 3.10. The number of aryl methyl sites for hydroxylation is 1. The molecule has 0 aromatic carbocycles. The molecular weight excluding hydrogens is 258 g/mol. The summed E-state index contributed by atoms with van der Waals surface area (Å²) in [5.74, 6) is 0.558. The molecule has 0 spiro atoms. The second-order valence-corrected chi connectivity index (χ2v) is 4.32. The Morgan fingerprint density at radius 3 is 2.90 bits per heavy atom. The van der Waals surface area contributed by atoms with Crippen molar-refractivity contribution in [1.29, 1.82) is 0 Å². The minimum atomic E-state index is -0.867. The van der Waals surface area contributed by atoms with Gasteiger partial charge in [0.15, 0.2) is 5.75 Å². The van der Waals surface area contributed by atoms with E-state index in [1.165, 1.54) is 0 Å². The molecule has 3 aromatic rings. The molecular formula is C13H15N5O2. The van der Waals surface area contributed by atoms with Crippen LogP contribution < -0.4 is 4.74 Å². The Hall–Kier alpha value is -2.41. The van der Waals surface area contributed by atoms with Crippen LogP contribution in [0.5, 0.6) is 5.75 Å². The molecule has 1 unspecified atom stereocenters. The van der Waals surface area contributed by atoms with Gasteiger partial charge in [-0.25, -0.2) is 4.52 Å². The molecule has 0 amide bonds. The molecule has 0 aliphatic carbocycles. The molecule has 0 aliphatic heterocycles. The van der Waals surface area contributed by atoms with E-state index < -0.39 is 6.10 Å². The Bertz CT molecular complexity index is 712. The molecule has 7 nitrogen and oxygen atoms in total. The fourth-order valence-electron chi connectivity index (χ4n) is 2.27. The van der Waals surface area contributed by atoms with Gasteiger partial charge in [-0.05, 0) is 6.92 Å². The van der Waals surface area contributed by atoms with Crippen LogP contribution in [0.25, 0.3) is 5.52 Å². The maximum absolute atomic E-state index is 10.7. The Labute approximate surface area is 115 Å². The highest BCUT2D eigenvalue weighted by atomic mass is 16.5. The van der Waals surface area contributed by atoms with Gasteiger partial charge >= 0.3 is 0 Å². The van der Waals surface area contributed by atoms with Crippen LogP contribution in [-0.2, 0) is 6.54 Å². The number of hydrogen-bond donors (Lipinski definition) is 1. The Kier molecular flexibility index (Phi) is 3.11. The number of hydrogen-bond acceptors (Lipinski definition) is 5. The monoisotopic (exact) mass is 273 g/mol. The van der Waals surface area contributed by atoms with Gasteiger partial charge in [-0.2, -0.15) is 10.2 Å². The topological polar surface area (TPSA) is 77.5 Å². The van der Waals surface area contributed by atoms with Gasteiger partial charge in [-0.15, -0.1) is 0 Å². The van der Waals surface area contributed by atoms with Gasteiger partial charge < -0.3 is 9.84 Å². The van der Waals surface area contributed by atoms with E-state index in [1.807, 2.05) is 6.92 Å². The van der Waals surface area contributed by atoms with Crippen molar-refractivity contribution in [2.24, 2.45) is 0 Å². The number of methoxy groups -OCH3 is 1. The van der Waals surface area contributed by atoms with Gasteiger partial charge in [0.05, 0.1) is 31.2 Å². The summed E-state index contributed by atoms with van der Waals surface area (Å²) in [6, 6.07) is 0. The highest BCUT2D eigenvalue weighted by Crippen LogP contribution is 2.31. The molecule has 104 valence electrons. The second kappa shape index (κ2) is 4.93. The number of rotatable bonds is 4. The molecule has 0 bridgehead atoms. The lowest BCUT2D eigenvalue weighted by molar-refractivity contribution is 0.204. The number of ether oxygens (including phenoxy) is 1. The Morgan fingerprint density at radius 2 is 2.15 bits per heavy atom. The number of aliphatic hydroxyl groups is 1. The van der Waals surface area contributed by atoms with Crippen LogP contribution >= 0.6 is 0 Å². The Balaban J connectivity index is 2.13. The van der Waals surface area contributed by atoms with E-state index in [4.69, 9.17) is 4.74 Å². The fraction of sp³-hybridized carbons (Fsp3) is 0.308. The minimum Gasteiger partial charge on any atom is -0.493 e. The largest absolute Gasteiger partial charge is 0.493 e. The third kappa shape index (κ3) is 1.83. The smallest absolute Gasteiger partial charge is 0.163 e. The summed E-state index contributed by atoms with van der Waals surface area (Å²) in [5, 5.41) is 19.1. The molecule has 3 rings (SSSR count). The van der Waals surface area contributed by atoms with E-state index in [2.05, 4.69) is 15.2 Å². The van der Waals surface area contributed by atoms with Gasteiger partial charge in [-0.1, -0.05) is 0 Å². The number of aromatic nitrogens is 5. The quantitative estimate of drug-likeness (QED) is 0.768. The van der Waals surface area contributed by atoms with Crippen molar-refractivity contribution in [2.75, 3.05) is 7.11 Å². The molecule has 0 saturated carbocycles. The summed E-state index contributed by atoms with van der Waals surface area (Å²) in [6.07, 6.45) is 7.42. The van der Waals surface area contributed by atoms with Gasteiger partial charge in [0.1, 0.15) is 11.8 Å². The second-order valence-electron chi connectivity index (χ2n) is 4.32. The summed E-state index contributed by atoms with van der Waals surface area (Å²) in [4.78, 5) is 4.07. The van der Waals surface area contributed by atoms with Crippen LogP contribution in [0.4, 0.5) is 0 Å². The fourth-order valence-corrected chi connectivity index (χ4v) is 2.27. The summed E-state index contributed by atoms with van der Waals surface area (Å²) in [7, 11) is 1.56. The molecule has 1 N–H and O–H groups in total. The number of aliphatic hydroxyl groups excluding tert-OH is 1. The van der Waals surface area contributed by atoms with E-state index >= 15 is 0 Å². The normalized spacial score (nSPS) is 12.8. The van der Waals surface area contributed by atoms with Crippen molar-refractivity contribution >= 4 is 5.52 Å². The number of fused-ring (bicyclic) bond motifs is 1. The van der Waals surface area contributed by atoms with Gasteiger partial charge in [0.2, 0.25) is 0 Å². The highest BCUT2D eigenvalue weighted by Gasteiger charge is 2.24. The molecule has 0 aliphatic rings. The first-order valence-electron chi connectivity index (χ1n) is 6.31. The summed E-state index contributed by atoms with van der Waals surface area (Å²) in [5.41, 5.74) is 2.05. The summed E-state index contributed by atoms with van der Waals surface area (Å²) < 4.78 is 8.66. The van der Waals surface area contributed by atoms with E-state index in [9.17, 15) is 5.11 Å². The van der Waals surface area contributed by atoms with Gasteiger partial charge in [0, 0.05) is 24.5 Å². The molecule has 0 fully saturated rings. The molecule has 0 saturated heterocycles. The zero-order valence-electron chi connectivity index (χ0n) is 11.3. The summed E-state index contributed by atoms with van der Waals surface area (Å²) in [6.45, 7) is 2.60. The van der Waals surface area contributed by atoms with Crippen LogP contribution in [0.2, 0.25) is 0 Å². The third-order valence-electron chi connectivity index (χ3n) is 3.27. The van der Waals surface area contributed by atoms with Crippen molar-refractivity contribution in [1.82, 2.24) is 24.4 Å². The van der Waals surface area contributed by atoms with E-state index in [-0.39, 0.29) is 0 Å². The standard InChI is InChI=1S/C13H15N5O2/c1-3-17-12(11(20-2)8-16-17)13(19)9-6-15-18-5-4-14-7-10(9)18/h4-8,13,19H,3H2,1-2H3. The average molecular weight is 273 g/mol. The highest BCUT2D eigenvalue weighted by molar-refractivity contribution is 5.55. The lowest BCUT2D eigenvalue weighted by atomic mass is 10.1. The van der Waals surface area contributed by atoms with E-state index in [0.29, 0.717) is 23.6 Å². The maximum atomic E-state index is 10.7. The van der Waals surface area contributed by atoms with Gasteiger partial charge in [-0.3, -0.25) is 9.67 Å². The number of nitrogens with zero attached hydrogens (tertiary/aromatic N) is 5. The van der Waals surface area contributed by atoms with Crippen molar-refractivity contribution in [3.05, 3.63) is 42.2 Å². The van der Waals surface area contributed by atoms with Crippen LogP contribution in [-0.4, -0.2) is 36.6 Å². The van der Waals surface area contributed by atoms with Crippen molar-refractivity contribution in [2.45, 2.75) is 19.6 Å². The summed E-state index contributed by atoms with van der Waals surface area (Å²) >= 11 is 0. The third-order valence-corrected chi connectivity index (χ3v) is 3.27. The molecule has 7 heteroatoms. The predicted octanol–water partition coefficient (Wildman–Crippen LogP) is 1.04. The molecule has 1 atom stereocenters. The van der Waals surface area contributed by atoms with Crippen LogP contribution in [0.1, 0.15) is 24.3 Å². The van der Waals surface area contributed by atoms with E-state index in [0.717, 1.165) is 5.52 Å². The van der Waals surface area contributed by atoms with Crippen LogP contribution in [0.3, 0.4) is 0 Å². The maximum Gasteiger partial charge on any atom is 0.163 e. The molecule has 0 radical (unpaired) electrons. The molecule has 3 aromatic heterocycles. The SMILES string of the molecule is CCn1ncc(OC)c1C(O)c1cnn2ccncc12.